The molecule has 2 atom stereocenters. The maximum Gasteiger partial charge on any atom is 0.417 e. The number of alkyl halides is 3. The fraction of sp³-hybridized carbons (Fsp3) is 0.444. The summed E-state index contributed by atoms with van der Waals surface area (Å²) in [4.78, 5) is 55.7. The van der Waals surface area contributed by atoms with Gasteiger partial charge in [-0.25, -0.2) is 0 Å². The number of hydrogen-bond acceptors (Lipinski definition) is 11. The van der Waals surface area contributed by atoms with Crippen LogP contribution in [-0.2, 0) is 26.1 Å². The molecule has 3 saturated heterocycles. The molecule has 3 fully saturated rings. The number of nitrogens with zero attached hydrogens (tertiary/aromatic N) is 6. The van der Waals surface area contributed by atoms with Crippen LogP contribution in [0.2, 0.25) is 0 Å². The zero-order valence-electron chi connectivity index (χ0n) is 29.5. The molecule has 2 aromatic carbocycles. The standard InChI is InChI=1S/C36H39F3N10O5/c1-35(2,34(54)44-21-4-3-20(13-40)28(11-21)36(37,38)39)48-19-25(14-43-48)47-17-23(18-47)42-10-9-41-22-15-46(16-22)24-5-6-26-27(12-24)33(53)49(32(26)52)29-7-8-30(50)45-31(29)51/h3-6,11-12,14,19,22-23,29,32,41-42,52H,7-10,15-18H2,1-2H3,(H,44,54)(H,45,50,51). The number of carbonyl (C=O) groups is 4. The van der Waals surface area contributed by atoms with Gasteiger partial charge in [-0.3, -0.25) is 34.1 Å². The average molecular weight is 749 g/mol. The predicted molar refractivity (Wildman–Crippen MR) is 188 cm³/mol. The molecule has 18 heteroatoms. The van der Waals surface area contributed by atoms with Gasteiger partial charge in [-0.1, -0.05) is 6.07 Å². The number of hydrogen-bond donors (Lipinski definition) is 5. The number of carbonyl (C=O) groups excluding carboxylic acids is 4. The summed E-state index contributed by atoms with van der Waals surface area (Å²) in [6, 6.07) is 9.49. The summed E-state index contributed by atoms with van der Waals surface area (Å²) < 4.78 is 41.6. The second-order valence-electron chi connectivity index (χ2n) is 14.5. The van der Waals surface area contributed by atoms with E-state index in [9.17, 15) is 37.5 Å². The van der Waals surface area contributed by atoms with Crippen molar-refractivity contribution in [3.05, 3.63) is 71.0 Å². The fourth-order valence-electron chi connectivity index (χ4n) is 7.12. The van der Waals surface area contributed by atoms with Gasteiger partial charge in [0.05, 0.1) is 29.1 Å². The van der Waals surface area contributed by atoms with E-state index in [1.165, 1.54) is 16.8 Å². The van der Waals surface area contributed by atoms with E-state index < -0.39 is 52.8 Å². The van der Waals surface area contributed by atoms with E-state index in [4.69, 9.17) is 5.26 Å². The Kier molecular flexibility index (Phi) is 9.58. The SMILES string of the molecule is CC(C)(C(=O)Nc1ccc(C#N)c(C(F)(F)F)c1)n1cc(N2CC(NCCNC3CN(c4ccc5c(c4)C(=O)N(C4CCC(=O)NC4=O)C5O)C3)C2)cn1. The summed E-state index contributed by atoms with van der Waals surface area (Å²) in [6.07, 6.45) is -2.35. The summed E-state index contributed by atoms with van der Waals surface area (Å²) in [6.45, 7) is 7.65. The largest absolute Gasteiger partial charge is 0.417 e. The minimum absolute atomic E-state index is 0.0764. The monoisotopic (exact) mass is 748 g/mol. The Morgan fingerprint density at radius 3 is 2.30 bits per heavy atom. The number of benzene rings is 2. The molecule has 4 aliphatic heterocycles. The molecular weight excluding hydrogens is 709 g/mol. The minimum atomic E-state index is -4.74. The minimum Gasteiger partial charge on any atom is -0.369 e. The van der Waals surface area contributed by atoms with Gasteiger partial charge >= 0.3 is 6.18 Å². The number of piperidine rings is 1. The Bertz CT molecular complexity index is 2030. The predicted octanol–water partition coefficient (Wildman–Crippen LogP) is 1.66. The average Bonchev–Trinajstić information content (AvgIpc) is 3.67. The van der Waals surface area contributed by atoms with Gasteiger partial charge in [0.1, 0.15) is 11.6 Å². The molecule has 54 heavy (non-hydrogen) atoms. The Morgan fingerprint density at radius 1 is 1.00 bits per heavy atom. The van der Waals surface area contributed by atoms with Crippen LogP contribution in [0.15, 0.2) is 48.8 Å². The van der Waals surface area contributed by atoms with Crippen molar-refractivity contribution >= 4 is 40.7 Å². The van der Waals surface area contributed by atoms with Gasteiger partial charge in [0, 0.05) is 86.5 Å². The number of anilines is 3. The molecular formula is C36H39F3N10O5. The molecule has 0 saturated carbocycles. The third-order valence-electron chi connectivity index (χ3n) is 10.5. The Morgan fingerprint density at radius 2 is 1.67 bits per heavy atom. The van der Waals surface area contributed by atoms with Gasteiger partial charge in [-0.2, -0.15) is 23.5 Å². The first-order chi connectivity index (χ1) is 25.6. The van der Waals surface area contributed by atoms with Crippen molar-refractivity contribution in [3.63, 3.8) is 0 Å². The van der Waals surface area contributed by atoms with Crippen molar-refractivity contribution < 1.29 is 37.5 Å². The van der Waals surface area contributed by atoms with Crippen molar-refractivity contribution in [1.82, 2.24) is 30.6 Å². The number of rotatable bonds is 11. The lowest BCUT2D eigenvalue weighted by molar-refractivity contribution is -0.140. The molecule has 7 rings (SSSR count). The first kappa shape index (κ1) is 36.8. The molecule has 5 N–H and O–H groups in total. The van der Waals surface area contributed by atoms with Crippen molar-refractivity contribution in [2.24, 2.45) is 0 Å². The lowest BCUT2D eigenvalue weighted by atomic mass is 10.0. The molecule has 4 aliphatic rings. The molecule has 2 unspecified atom stereocenters. The highest BCUT2D eigenvalue weighted by Crippen LogP contribution is 2.38. The van der Waals surface area contributed by atoms with E-state index in [0.717, 1.165) is 67.7 Å². The molecule has 0 spiro atoms. The summed E-state index contributed by atoms with van der Waals surface area (Å²) in [7, 11) is 0. The Balaban J connectivity index is 0.825. The van der Waals surface area contributed by atoms with Crippen molar-refractivity contribution in [3.8, 4) is 6.07 Å². The molecule has 0 bridgehead atoms. The van der Waals surface area contributed by atoms with Crippen LogP contribution in [0.25, 0.3) is 0 Å². The van der Waals surface area contributed by atoms with Gasteiger partial charge < -0.3 is 30.9 Å². The number of aliphatic hydroxyl groups is 1. The number of halogens is 3. The molecule has 3 aromatic rings. The van der Waals surface area contributed by atoms with Crippen LogP contribution >= 0.6 is 0 Å². The highest BCUT2D eigenvalue weighted by molar-refractivity contribution is 6.06. The van der Waals surface area contributed by atoms with E-state index >= 15 is 0 Å². The molecule has 4 amide bonds. The lowest BCUT2D eigenvalue weighted by Gasteiger charge is -2.42. The van der Waals surface area contributed by atoms with Crippen molar-refractivity contribution in [1.29, 1.82) is 5.26 Å². The van der Waals surface area contributed by atoms with E-state index in [1.54, 1.807) is 38.4 Å². The fourth-order valence-corrected chi connectivity index (χ4v) is 7.12. The van der Waals surface area contributed by atoms with Crippen molar-refractivity contribution in [2.75, 3.05) is 54.4 Å². The second kappa shape index (κ2) is 14.0. The van der Waals surface area contributed by atoms with E-state index in [2.05, 4.69) is 36.2 Å². The van der Waals surface area contributed by atoms with Crippen molar-refractivity contribution in [2.45, 2.75) is 62.8 Å². The first-order valence-corrected chi connectivity index (χ1v) is 17.6. The van der Waals surface area contributed by atoms with Crippen LogP contribution in [0, 0.1) is 11.3 Å². The van der Waals surface area contributed by atoms with Crippen LogP contribution < -0.4 is 31.1 Å². The molecule has 0 aliphatic carbocycles. The topological polar surface area (TPSA) is 188 Å². The maximum atomic E-state index is 13.4. The number of imide groups is 1. The van der Waals surface area contributed by atoms with E-state index in [1.807, 2.05) is 6.07 Å². The summed E-state index contributed by atoms with van der Waals surface area (Å²) in [5.41, 5.74) is -0.493. The summed E-state index contributed by atoms with van der Waals surface area (Å²) in [5, 5.41) is 36.0. The molecule has 15 nitrogen and oxygen atoms in total. The lowest BCUT2D eigenvalue weighted by Crippen LogP contribution is -2.61. The van der Waals surface area contributed by atoms with Gasteiger partial charge in [0.25, 0.3) is 11.8 Å². The van der Waals surface area contributed by atoms with E-state index in [-0.39, 0.29) is 36.5 Å². The first-order valence-electron chi connectivity index (χ1n) is 17.6. The Hall–Kier alpha value is -5.51. The summed E-state index contributed by atoms with van der Waals surface area (Å²) in [5.74, 6) is -1.97. The third-order valence-corrected chi connectivity index (χ3v) is 10.5. The normalized spacial score (nSPS) is 20.7. The highest BCUT2D eigenvalue weighted by Gasteiger charge is 2.45. The van der Waals surface area contributed by atoms with Gasteiger partial charge in [0.15, 0.2) is 6.23 Å². The quantitative estimate of drug-likeness (QED) is 0.142. The zero-order valence-corrected chi connectivity index (χ0v) is 29.5. The highest BCUT2D eigenvalue weighted by atomic mass is 19.4. The third kappa shape index (κ3) is 6.97. The van der Waals surface area contributed by atoms with Crippen LogP contribution in [0.3, 0.4) is 0 Å². The van der Waals surface area contributed by atoms with Crippen LogP contribution in [0.5, 0.6) is 0 Å². The number of amides is 4. The molecule has 284 valence electrons. The molecule has 5 heterocycles. The van der Waals surface area contributed by atoms with Gasteiger partial charge in [-0.05, 0) is 50.6 Å². The van der Waals surface area contributed by atoms with E-state index in [0.29, 0.717) is 11.1 Å². The van der Waals surface area contributed by atoms with Gasteiger partial charge in [0.2, 0.25) is 11.8 Å². The number of aliphatic hydroxyl groups excluding tert-OH is 1. The number of fused-ring (bicyclic) bond motifs is 1. The van der Waals surface area contributed by atoms with Crippen LogP contribution in [-0.4, -0.2) is 101 Å². The van der Waals surface area contributed by atoms with Crippen LogP contribution in [0.4, 0.5) is 30.2 Å². The van der Waals surface area contributed by atoms with Gasteiger partial charge in [-0.15, -0.1) is 0 Å². The molecule has 0 radical (unpaired) electrons. The maximum absolute atomic E-state index is 13.4. The van der Waals surface area contributed by atoms with Crippen LogP contribution in [0.1, 0.15) is 60.0 Å². The zero-order chi connectivity index (χ0) is 38.5. The Labute approximate surface area is 308 Å². The molecule has 1 aromatic heterocycles. The number of nitrogens with one attached hydrogen (secondary N) is 4. The number of nitriles is 1. The summed E-state index contributed by atoms with van der Waals surface area (Å²) >= 11 is 0. The smallest absolute Gasteiger partial charge is 0.369 e. The second-order valence-corrected chi connectivity index (χ2v) is 14.5. The number of aromatic nitrogens is 2.